The van der Waals surface area contributed by atoms with Crippen LogP contribution >= 0.6 is 0 Å². The van der Waals surface area contributed by atoms with Crippen molar-refractivity contribution in [3.8, 4) is 5.75 Å². The molecule has 90 valence electrons. The van der Waals surface area contributed by atoms with Crippen LogP contribution in [0.2, 0.25) is 0 Å². The molecule has 1 aromatic carbocycles. The maximum absolute atomic E-state index is 5.94. The first-order valence-corrected chi connectivity index (χ1v) is 6.07. The lowest BCUT2D eigenvalue weighted by Gasteiger charge is -2.13. The molecule has 3 N–H and O–H groups in total. The van der Waals surface area contributed by atoms with Crippen LogP contribution in [0.1, 0.15) is 24.1 Å². The van der Waals surface area contributed by atoms with E-state index in [1.54, 1.807) is 7.11 Å². The number of benzene rings is 1. The van der Waals surface area contributed by atoms with Crippen LogP contribution < -0.4 is 10.5 Å². The zero-order chi connectivity index (χ0) is 12.0. The lowest BCUT2D eigenvalue weighted by Crippen LogP contribution is -2.20. The Balaban J connectivity index is 2.22. The summed E-state index contributed by atoms with van der Waals surface area (Å²) in [4.78, 5) is 3.45. The van der Waals surface area contributed by atoms with E-state index < -0.39 is 0 Å². The van der Waals surface area contributed by atoms with Gasteiger partial charge < -0.3 is 15.5 Å². The molecule has 3 nitrogen and oxygen atoms in total. The molecule has 0 spiro atoms. The standard InChI is InChI=1S/C14H18N2O/c1-9-13(14(8-15)5-6-14)11-4-3-10(17-2)7-12(11)16-9/h3-4,7,16H,5-6,8,15H2,1-2H3. The summed E-state index contributed by atoms with van der Waals surface area (Å²) in [5.41, 5.74) is 9.98. The third-order valence-corrected chi connectivity index (χ3v) is 3.97. The molecule has 0 saturated heterocycles. The maximum Gasteiger partial charge on any atom is 0.120 e. The topological polar surface area (TPSA) is 51.0 Å². The van der Waals surface area contributed by atoms with Crippen LogP contribution in [0, 0.1) is 6.92 Å². The fourth-order valence-electron chi connectivity index (χ4n) is 2.83. The number of aryl methyl sites for hydroxylation is 1. The average Bonchev–Trinajstić information content (AvgIpc) is 3.05. The fraction of sp³-hybridized carbons (Fsp3) is 0.429. The van der Waals surface area contributed by atoms with E-state index in [0.717, 1.165) is 17.8 Å². The number of fused-ring (bicyclic) bond motifs is 1. The first kappa shape index (κ1) is 10.7. The van der Waals surface area contributed by atoms with Gasteiger partial charge in [0.1, 0.15) is 5.75 Å². The molecular formula is C14H18N2O. The Morgan fingerprint density at radius 2 is 2.18 bits per heavy atom. The number of H-pyrrole nitrogens is 1. The van der Waals surface area contributed by atoms with Crippen LogP contribution in [0.15, 0.2) is 18.2 Å². The van der Waals surface area contributed by atoms with E-state index in [9.17, 15) is 0 Å². The average molecular weight is 230 g/mol. The lowest BCUT2D eigenvalue weighted by atomic mass is 9.93. The first-order chi connectivity index (χ1) is 8.20. The van der Waals surface area contributed by atoms with E-state index >= 15 is 0 Å². The summed E-state index contributed by atoms with van der Waals surface area (Å²) in [5, 5.41) is 1.30. The van der Waals surface area contributed by atoms with E-state index in [1.165, 1.54) is 29.5 Å². The van der Waals surface area contributed by atoms with Crippen molar-refractivity contribution < 1.29 is 4.74 Å². The fourth-order valence-corrected chi connectivity index (χ4v) is 2.83. The van der Waals surface area contributed by atoms with Crippen LogP contribution in [0.25, 0.3) is 10.9 Å². The van der Waals surface area contributed by atoms with Gasteiger partial charge >= 0.3 is 0 Å². The van der Waals surface area contributed by atoms with Crippen molar-refractivity contribution in [3.05, 3.63) is 29.5 Å². The molecule has 0 atom stereocenters. The Bertz CT molecular complexity index is 567. The third-order valence-electron chi connectivity index (χ3n) is 3.97. The molecule has 0 radical (unpaired) electrons. The number of nitrogens with two attached hydrogens (primary N) is 1. The molecule has 1 aliphatic rings. The molecule has 0 bridgehead atoms. The van der Waals surface area contributed by atoms with Crippen molar-refractivity contribution >= 4 is 10.9 Å². The van der Waals surface area contributed by atoms with Gasteiger partial charge in [-0.15, -0.1) is 0 Å². The summed E-state index contributed by atoms with van der Waals surface area (Å²) < 4.78 is 5.25. The minimum absolute atomic E-state index is 0.233. The van der Waals surface area contributed by atoms with Crippen LogP contribution in [-0.4, -0.2) is 18.6 Å². The van der Waals surface area contributed by atoms with Gasteiger partial charge in [-0.2, -0.15) is 0 Å². The highest BCUT2D eigenvalue weighted by molar-refractivity contribution is 5.87. The summed E-state index contributed by atoms with van der Waals surface area (Å²) in [7, 11) is 1.69. The van der Waals surface area contributed by atoms with Crippen molar-refractivity contribution in [1.82, 2.24) is 4.98 Å². The van der Waals surface area contributed by atoms with Gasteiger partial charge in [0, 0.05) is 34.6 Å². The van der Waals surface area contributed by atoms with Crippen molar-refractivity contribution in [3.63, 3.8) is 0 Å². The highest BCUT2D eigenvalue weighted by Crippen LogP contribution is 2.51. The van der Waals surface area contributed by atoms with Crippen LogP contribution in [0.3, 0.4) is 0 Å². The Hall–Kier alpha value is -1.48. The number of ether oxygens (including phenoxy) is 1. The van der Waals surface area contributed by atoms with Gasteiger partial charge in [-0.25, -0.2) is 0 Å². The second-order valence-corrected chi connectivity index (χ2v) is 5.02. The van der Waals surface area contributed by atoms with Gasteiger partial charge in [-0.3, -0.25) is 0 Å². The molecule has 1 heterocycles. The molecule has 0 aliphatic heterocycles. The molecule has 0 amide bonds. The second-order valence-electron chi connectivity index (χ2n) is 5.02. The number of rotatable bonds is 3. The number of aromatic amines is 1. The molecule has 0 unspecified atom stereocenters. The summed E-state index contributed by atoms with van der Waals surface area (Å²) in [6.45, 7) is 2.88. The minimum atomic E-state index is 0.233. The molecule has 1 saturated carbocycles. The van der Waals surface area contributed by atoms with E-state index in [2.05, 4.69) is 24.0 Å². The van der Waals surface area contributed by atoms with Gasteiger partial charge in [-0.1, -0.05) is 0 Å². The highest BCUT2D eigenvalue weighted by Gasteiger charge is 2.45. The van der Waals surface area contributed by atoms with Crippen LogP contribution in [0.4, 0.5) is 0 Å². The number of hydrogen-bond donors (Lipinski definition) is 2. The largest absolute Gasteiger partial charge is 0.497 e. The molecular weight excluding hydrogens is 212 g/mol. The molecule has 3 rings (SSSR count). The van der Waals surface area contributed by atoms with E-state index in [1.807, 2.05) is 6.07 Å². The molecule has 1 fully saturated rings. The quantitative estimate of drug-likeness (QED) is 0.851. The van der Waals surface area contributed by atoms with Gasteiger partial charge in [-0.05, 0) is 37.5 Å². The highest BCUT2D eigenvalue weighted by atomic mass is 16.5. The molecule has 3 heteroatoms. The van der Waals surface area contributed by atoms with E-state index in [0.29, 0.717) is 0 Å². The van der Waals surface area contributed by atoms with E-state index in [-0.39, 0.29) is 5.41 Å². The Morgan fingerprint density at radius 1 is 1.41 bits per heavy atom. The molecule has 17 heavy (non-hydrogen) atoms. The smallest absolute Gasteiger partial charge is 0.120 e. The second kappa shape index (κ2) is 3.50. The summed E-state index contributed by atoms with van der Waals surface area (Å²) in [6, 6.07) is 6.22. The predicted molar refractivity (Wildman–Crippen MR) is 69.6 cm³/mol. The first-order valence-electron chi connectivity index (χ1n) is 6.07. The molecule has 1 aliphatic carbocycles. The van der Waals surface area contributed by atoms with Gasteiger partial charge in [0.2, 0.25) is 0 Å². The van der Waals surface area contributed by atoms with Gasteiger partial charge in [0.05, 0.1) is 7.11 Å². The third kappa shape index (κ3) is 1.46. The molecule has 2 aromatic rings. The Kier molecular flexibility index (Phi) is 2.20. The number of nitrogens with one attached hydrogen (secondary N) is 1. The normalized spacial score (nSPS) is 17.4. The van der Waals surface area contributed by atoms with Gasteiger partial charge in [0.15, 0.2) is 0 Å². The number of hydrogen-bond acceptors (Lipinski definition) is 2. The van der Waals surface area contributed by atoms with Crippen molar-refractivity contribution in [2.24, 2.45) is 5.73 Å². The zero-order valence-electron chi connectivity index (χ0n) is 10.3. The predicted octanol–water partition coefficient (Wildman–Crippen LogP) is 2.48. The Morgan fingerprint density at radius 3 is 2.76 bits per heavy atom. The zero-order valence-corrected chi connectivity index (χ0v) is 10.3. The van der Waals surface area contributed by atoms with Crippen LogP contribution in [0.5, 0.6) is 5.75 Å². The number of methoxy groups -OCH3 is 1. The summed E-state index contributed by atoms with van der Waals surface area (Å²) in [5.74, 6) is 0.892. The van der Waals surface area contributed by atoms with Crippen molar-refractivity contribution in [2.45, 2.75) is 25.2 Å². The Labute approximate surface area is 101 Å². The van der Waals surface area contributed by atoms with Gasteiger partial charge in [0.25, 0.3) is 0 Å². The van der Waals surface area contributed by atoms with Crippen molar-refractivity contribution in [1.29, 1.82) is 0 Å². The monoisotopic (exact) mass is 230 g/mol. The van der Waals surface area contributed by atoms with E-state index in [4.69, 9.17) is 10.5 Å². The lowest BCUT2D eigenvalue weighted by molar-refractivity contribution is 0.415. The minimum Gasteiger partial charge on any atom is -0.497 e. The molecule has 1 aromatic heterocycles. The summed E-state index contributed by atoms with van der Waals surface area (Å²) in [6.07, 6.45) is 2.42. The number of aromatic nitrogens is 1. The van der Waals surface area contributed by atoms with Crippen molar-refractivity contribution in [2.75, 3.05) is 13.7 Å². The maximum atomic E-state index is 5.94. The van der Waals surface area contributed by atoms with Crippen LogP contribution in [-0.2, 0) is 5.41 Å². The SMILES string of the molecule is COc1ccc2c(C3(CN)CC3)c(C)[nH]c2c1. The summed E-state index contributed by atoms with van der Waals surface area (Å²) >= 11 is 0.